The number of halogens is 1. The Hall–Kier alpha value is -1.43. The van der Waals surface area contributed by atoms with E-state index in [1.807, 2.05) is 38.1 Å². The van der Waals surface area contributed by atoms with Crippen molar-refractivity contribution in [2.45, 2.75) is 51.6 Å². The normalized spacial score (nSPS) is 21.3. The second kappa shape index (κ2) is 7.85. The van der Waals surface area contributed by atoms with Gasteiger partial charge in [0.15, 0.2) is 0 Å². The summed E-state index contributed by atoms with van der Waals surface area (Å²) in [5.74, 6) is 0.398. The van der Waals surface area contributed by atoms with Gasteiger partial charge in [0, 0.05) is 23.0 Å². The summed E-state index contributed by atoms with van der Waals surface area (Å²) < 4.78 is 0. The molecule has 6 heteroatoms. The number of hydrogen-bond donors (Lipinski definition) is 2. The minimum atomic E-state index is -0.0522. The number of hydrogen-bond acceptors (Lipinski definition) is 4. The van der Waals surface area contributed by atoms with Gasteiger partial charge in [0.05, 0.1) is 16.6 Å². The molecule has 1 aliphatic rings. The molecule has 0 spiro atoms. The van der Waals surface area contributed by atoms with Crippen molar-refractivity contribution in [1.82, 2.24) is 10.3 Å². The molecular weight excluding hydrogens is 354 g/mol. The topological polar surface area (TPSA) is 68.0 Å². The molecule has 1 heterocycles. The predicted molar refractivity (Wildman–Crippen MR) is 104 cm³/mol. The molecule has 1 aromatic carbocycles. The van der Waals surface area contributed by atoms with Gasteiger partial charge in [0.1, 0.15) is 5.01 Å². The lowest BCUT2D eigenvalue weighted by molar-refractivity contribution is -0.122. The Kier molecular flexibility index (Phi) is 5.77. The van der Waals surface area contributed by atoms with E-state index in [0.29, 0.717) is 17.4 Å². The zero-order valence-electron chi connectivity index (χ0n) is 14.6. The maximum absolute atomic E-state index is 12.4. The molecule has 0 bridgehead atoms. The van der Waals surface area contributed by atoms with Crippen molar-refractivity contribution < 1.29 is 4.79 Å². The summed E-state index contributed by atoms with van der Waals surface area (Å²) in [7, 11) is 0. The first-order valence-electron chi connectivity index (χ1n) is 8.72. The van der Waals surface area contributed by atoms with Crippen LogP contribution < -0.4 is 11.1 Å². The summed E-state index contributed by atoms with van der Waals surface area (Å²) in [6.45, 7) is 4.00. The molecule has 2 aromatic rings. The summed E-state index contributed by atoms with van der Waals surface area (Å²) in [5.41, 5.74) is 8.07. The number of rotatable bonds is 5. The number of amides is 1. The zero-order chi connectivity index (χ0) is 18.0. The van der Waals surface area contributed by atoms with Gasteiger partial charge in [0.25, 0.3) is 0 Å². The van der Waals surface area contributed by atoms with Crippen LogP contribution in [-0.2, 0) is 4.79 Å². The fourth-order valence-corrected chi connectivity index (χ4v) is 4.65. The summed E-state index contributed by atoms with van der Waals surface area (Å²) >= 11 is 7.57. The quantitative estimate of drug-likeness (QED) is 0.807. The third-order valence-electron chi connectivity index (χ3n) is 4.86. The van der Waals surface area contributed by atoms with Gasteiger partial charge in [-0.3, -0.25) is 4.79 Å². The van der Waals surface area contributed by atoms with Gasteiger partial charge in [-0.15, -0.1) is 11.3 Å². The molecule has 1 amide bonds. The number of aryl methyl sites for hydroxylation is 1. The third kappa shape index (κ3) is 4.40. The highest BCUT2D eigenvalue weighted by molar-refractivity contribution is 7.15. The lowest BCUT2D eigenvalue weighted by atomic mass is 9.99. The second-order valence-electron chi connectivity index (χ2n) is 6.82. The highest BCUT2D eigenvalue weighted by atomic mass is 35.5. The smallest absolute Gasteiger partial charge is 0.220 e. The van der Waals surface area contributed by atoms with Crippen LogP contribution in [-0.4, -0.2) is 16.9 Å². The molecule has 1 unspecified atom stereocenters. The van der Waals surface area contributed by atoms with Gasteiger partial charge < -0.3 is 11.1 Å². The van der Waals surface area contributed by atoms with Crippen LogP contribution in [0.25, 0.3) is 10.6 Å². The predicted octanol–water partition coefficient (Wildman–Crippen LogP) is 4.47. The number of carbonyl (C=O) groups is 1. The van der Waals surface area contributed by atoms with E-state index in [0.717, 1.165) is 40.4 Å². The molecule has 1 fully saturated rings. The number of thiazole rings is 1. The Bertz CT molecular complexity index is 744. The number of nitrogens with one attached hydrogen (secondary N) is 1. The second-order valence-corrected chi connectivity index (χ2v) is 8.29. The average Bonchev–Trinajstić information content (AvgIpc) is 3.14. The molecule has 3 rings (SSSR count). The molecule has 0 aliphatic heterocycles. The summed E-state index contributed by atoms with van der Waals surface area (Å²) in [5, 5.41) is 4.77. The molecule has 1 aliphatic carbocycles. The lowest BCUT2D eigenvalue weighted by Crippen LogP contribution is -2.32. The number of carbonyl (C=O) groups excluding carboxylic acids is 1. The molecule has 3 atom stereocenters. The van der Waals surface area contributed by atoms with Crippen molar-refractivity contribution in [3.05, 3.63) is 39.9 Å². The summed E-state index contributed by atoms with van der Waals surface area (Å²) in [6.07, 6.45) is 3.75. The van der Waals surface area contributed by atoms with Crippen molar-refractivity contribution >= 4 is 28.8 Å². The fourth-order valence-electron chi connectivity index (χ4n) is 3.45. The van der Waals surface area contributed by atoms with Gasteiger partial charge in [0.2, 0.25) is 5.91 Å². The molecule has 0 saturated heterocycles. The maximum atomic E-state index is 12.4. The van der Waals surface area contributed by atoms with E-state index >= 15 is 0 Å². The van der Waals surface area contributed by atoms with E-state index in [2.05, 4.69) is 10.3 Å². The van der Waals surface area contributed by atoms with Crippen molar-refractivity contribution in [3.8, 4) is 10.6 Å². The van der Waals surface area contributed by atoms with Crippen LogP contribution in [0.1, 0.15) is 49.2 Å². The Morgan fingerprint density at radius 1 is 1.40 bits per heavy atom. The Labute approximate surface area is 157 Å². The lowest BCUT2D eigenvalue weighted by Gasteiger charge is -2.17. The standard InChI is InChI=1S/C19H24ClN3OS/c1-11(22-17(24)10-14-4-3-5-16(14)21)18-12(2)23-19(25-18)13-6-8-15(20)9-7-13/h6-9,11,14,16H,3-5,10,21H2,1-2H3,(H,22,24)/t11?,14-,16+/m0/s1. The van der Waals surface area contributed by atoms with E-state index in [4.69, 9.17) is 17.3 Å². The minimum Gasteiger partial charge on any atom is -0.349 e. The maximum Gasteiger partial charge on any atom is 0.220 e. The molecule has 1 aromatic heterocycles. The zero-order valence-corrected chi connectivity index (χ0v) is 16.2. The van der Waals surface area contributed by atoms with Crippen LogP contribution in [0.3, 0.4) is 0 Å². The highest BCUT2D eigenvalue weighted by Gasteiger charge is 2.27. The first-order valence-corrected chi connectivity index (χ1v) is 9.91. The largest absolute Gasteiger partial charge is 0.349 e. The average molecular weight is 378 g/mol. The van der Waals surface area contributed by atoms with E-state index in [1.165, 1.54) is 0 Å². The van der Waals surface area contributed by atoms with Crippen LogP contribution >= 0.6 is 22.9 Å². The van der Waals surface area contributed by atoms with Crippen LogP contribution in [0.4, 0.5) is 0 Å². The first-order chi connectivity index (χ1) is 11.9. The monoisotopic (exact) mass is 377 g/mol. The van der Waals surface area contributed by atoms with E-state index in [-0.39, 0.29) is 18.0 Å². The molecule has 0 radical (unpaired) electrons. The van der Waals surface area contributed by atoms with Gasteiger partial charge in [-0.2, -0.15) is 0 Å². The van der Waals surface area contributed by atoms with Crippen molar-refractivity contribution in [1.29, 1.82) is 0 Å². The van der Waals surface area contributed by atoms with Gasteiger partial charge in [-0.05, 0) is 44.7 Å². The molecule has 1 saturated carbocycles. The van der Waals surface area contributed by atoms with Gasteiger partial charge in [-0.1, -0.05) is 30.2 Å². The Morgan fingerprint density at radius 2 is 2.12 bits per heavy atom. The summed E-state index contributed by atoms with van der Waals surface area (Å²) in [6, 6.07) is 7.78. The third-order valence-corrected chi connectivity index (χ3v) is 6.50. The number of aromatic nitrogens is 1. The van der Waals surface area contributed by atoms with E-state index in [1.54, 1.807) is 11.3 Å². The Balaban J connectivity index is 1.66. The van der Waals surface area contributed by atoms with Crippen molar-refractivity contribution in [3.63, 3.8) is 0 Å². The molecule has 25 heavy (non-hydrogen) atoms. The summed E-state index contributed by atoms with van der Waals surface area (Å²) in [4.78, 5) is 18.1. The van der Waals surface area contributed by atoms with Crippen LogP contribution in [0.2, 0.25) is 5.02 Å². The van der Waals surface area contributed by atoms with E-state index in [9.17, 15) is 4.79 Å². The molecule has 134 valence electrons. The first kappa shape index (κ1) is 18.4. The molecular formula is C19H24ClN3OS. The van der Waals surface area contributed by atoms with Crippen LogP contribution in [0.5, 0.6) is 0 Å². The van der Waals surface area contributed by atoms with Gasteiger partial charge in [-0.25, -0.2) is 4.98 Å². The number of nitrogens with zero attached hydrogens (tertiary/aromatic N) is 1. The fraction of sp³-hybridized carbons (Fsp3) is 0.474. The number of nitrogens with two attached hydrogens (primary N) is 1. The highest BCUT2D eigenvalue weighted by Crippen LogP contribution is 2.33. The van der Waals surface area contributed by atoms with Gasteiger partial charge >= 0.3 is 0 Å². The Morgan fingerprint density at radius 3 is 2.76 bits per heavy atom. The minimum absolute atomic E-state index is 0.0522. The van der Waals surface area contributed by atoms with E-state index < -0.39 is 0 Å². The van der Waals surface area contributed by atoms with Crippen molar-refractivity contribution in [2.75, 3.05) is 0 Å². The molecule has 4 nitrogen and oxygen atoms in total. The van der Waals surface area contributed by atoms with Crippen LogP contribution in [0, 0.1) is 12.8 Å². The van der Waals surface area contributed by atoms with Crippen LogP contribution in [0.15, 0.2) is 24.3 Å². The molecule has 3 N–H and O–H groups in total. The van der Waals surface area contributed by atoms with Crippen molar-refractivity contribution in [2.24, 2.45) is 11.7 Å². The number of benzene rings is 1. The SMILES string of the molecule is Cc1nc(-c2ccc(Cl)cc2)sc1C(C)NC(=O)C[C@@H]1CCC[C@H]1N.